The highest BCUT2D eigenvalue weighted by atomic mass is 35.5. The molecule has 0 radical (unpaired) electrons. The summed E-state index contributed by atoms with van der Waals surface area (Å²) in [6.45, 7) is 2.55. The maximum absolute atomic E-state index is 11.4. The molecule has 2 rings (SSSR count). The molecule has 1 aromatic carbocycles. The van der Waals surface area contributed by atoms with Crippen LogP contribution in [-0.2, 0) is 16.0 Å². The number of carboxylic acids is 1. The maximum atomic E-state index is 11.4. The summed E-state index contributed by atoms with van der Waals surface area (Å²) in [6.07, 6.45) is 0.493. The Morgan fingerprint density at radius 1 is 1.33 bits per heavy atom. The highest BCUT2D eigenvalue weighted by Crippen LogP contribution is 2.14. The van der Waals surface area contributed by atoms with Crippen molar-refractivity contribution in [2.75, 3.05) is 26.3 Å². The van der Waals surface area contributed by atoms with Gasteiger partial charge in [0, 0.05) is 18.1 Å². The summed E-state index contributed by atoms with van der Waals surface area (Å²) in [5, 5.41) is 10.00. The summed E-state index contributed by atoms with van der Waals surface area (Å²) >= 11 is 5.82. The van der Waals surface area contributed by atoms with Crippen LogP contribution in [0.2, 0.25) is 5.02 Å². The molecule has 98 valence electrons. The molecule has 0 aromatic heterocycles. The minimum atomic E-state index is -0.785. The van der Waals surface area contributed by atoms with Crippen LogP contribution in [0.5, 0.6) is 0 Å². The number of ether oxygens (including phenoxy) is 1. The molecule has 0 bridgehead atoms. The minimum absolute atomic E-state index is 0.491. The lowest BCUT2D eigenvalue weighted by atomic mass is 10.0. The van der Waals surface area contributed by atoms with Crippen molar-refractivity contribution in [1.29, 1.82) is 0 Å². The number of carbonyl (C=O) groups is 1. The number of benzene rings is 1. The van der Waals surface area contributed by atoms with Gasteiger partial charge in [0.05, 0.1) is 13.2 Å². The summed E-state index contributed by atoms with van der Waals surface area (Å²) in [7, 11) is 0. The van der Waals surface area contributed by atoms with Gasteiger partial charge in [-0.05, 0) is 24.1 Å². The van der Waals surface area contributed by atoms with Gasteiger partial charge in [0.2, 0.25) is 0 Å². The number of carboxylic acid groups (broad SMARTS) is 1. The number of hydrogen-bond acceptors (Lipinski definition) is 3. The van der Waals surface area contributed by atoms with Crippen molar-refractivity contribution in [2.45, 2.75) is 12.5 Å². The fourth-order valence-electron chi connectivity index (χ4n) is 2.11. The third-order valence-electron chi connectivity index (χ3n) is 3.11. The van der Waals surface area contributed by atoms with Crippen LogP contribution in [0.3, 0.4) is 0 Å². The molecule has 1 N–H and O–H groups in total. The quantitative estimate of drug-likeness (QED) is 0.903. The third-order valence-corrected chi connectivity index (χ3v) is 3.37. The molecule has 1 fully saturated rings. The van der Waals surface area contributed by atoms with Crippen molar-refractivity contribution in [3.8, 4) is 0 Å². The van der Waals surface area contributed by atoms with Gasteiger partial charge in [-0.3, -0.25) is 9.69 Å². The number of hydrogen-bond donors (Lipinski definition) is 1. The molecule has 1 aromatic rings. The molecule has 1 aliphatic rings. The number of morpholine rings is 1. The predicted octanol–water partition coefficient (Wildman–Crippen LogP) is 1.67. The molecule has 1 atom stereocenters. The van der Waals surface area contributed by atoms with E-state index in [9.17, 15) is 9.90 Å². The first kappa shape index (κ1) is 13.3. The van der Waals surface area contributed by atoms with Crippen molar-refractivity contribution >= 4 is 17.6 Å². The van der Waals surface area contributed by atoms with Gasteiger partial charge in [-0.1, -0.05) is 23.7 Å². The molecule has 18 heavy (non-hydrogen) atoms. The number of aliphatic carboxylic acids is 1. The van der Waals surface area contributed by atoms with Crippen LogP contribution in [0, 0.1) is 0 Å². The van der Waals surface area contributed by atoms with E-state index in [-0.39, 0.29) is 0 Å². The fourth-order valence-corrected chi connectivity index (χ4v) is 2.23. The summed E-state index contributed by atoms with van der Waals surface area (Å²) < 4.78 is 5.24. The Labute approximate surface area is 111 Å². The summed E-state index contributed by atoms with van der Waals surface area (Å²) in [4.78, 5) is 13.3. The first-order valence-electron chi connectivity index (χ1n) is 5.96. The van der Waals surface area contributed by atoms with Gasteiger partial charge >= 0.3 is 5.97 Å². The van der Waals surface area contributed by atoms with E-state index in [0.717, 1.165) is 5.56 Å². The Morgan fingerprint density at radius 3 is 2.50 bits per heavy atom. The Bertz CT molecular complexity index is 401. The van der Waals surface area contributed by atoms with E-state index >= 15 is 0 Å². The van der Waals surface area contributed by atoms with Gasteiger partial charge in [-0.25, -0.2) is 0 Å². The minimum Gasteiger partial charge on any atom is -0.480 e. The molecule has 0 spiro atoms. The molecular weight excluding hydrogens is 254 g/mol. The zero-order chi connectivity index (χ0) is 13.0. The standard InChI is InChI=1S/C13H16ClNO3/c14-11-3-1-10(2-4-11)9-12(13(16)17)15-5-7-18-8-6-15/h1-4,12H,5-9H2,(H,16,17)/t12-/m1/s1. The van der Waals surface area contributed by atoms with Crippen LogP contribution in [0.1, 0.15) is 5.56 Å². The monoisotopic (exact) mass is 269 g/mol. The second kappa shape index (κ2) is 6.18. The van der Waals surface area contributed by atoms with Gasteiger partial charge < -0.3 is 9.84 Å². The maximum Gasteiger partial charge on any atom is 0.321 e. The molecule has 1 aliphatic heterocycles. The van der Waals surface area contributed by atoms with Gasteiger partial charge in [0.25, 0.3) is 0 Å². The smallest absolute Gasteiger partial charge is 0.321 e. The summed E-state index contributed by atoms with van der Waals surface area (Å²) in [5.41, 5.74) is 0.985. The molecular formula is C13H16ClNO3. The van der Waals surface area contributed by atoms with Gasteiger partial charge in [0.15, 0.2) is 0 Å². The highest BCUT2D eigenvalue weighted by molar-refractivity contribution is 6.30. The van der Waals surface area contributed by atoms with Crippen LogP contribution < -0.4 is 0 Å². The lowest BCUT2D eigenvalue weighted by Gasteiger charge is -2.31. The van der Waals surface area contributed by atoms with Crippen molar-refractivity contribution < 1.29 is 14.6 Å². The lowest BCUT2D eigenvalue weighted by molar-refractivity contribution is -0.145. The van der Waals surface area contributed by atoms with Crippen molar-refractivity contribution in [3.63, 3.8) is 0 Å². The van der Waals surface area contributed by atoms with Crippen LogP contribution in [-0.4, -0.2) is 48.3 Å². The predicted molar refractivity (Wildman–Crippen MR) is 69.0 cm³/mol. The normalized spacial score (nSPS) is 18.5. The molecule has 1 saturated heterocycles. The van der Waals surface area contributed by atoms with Gasteiger partial charge in [-0.2, -0.15) is 0 Å². The highest BCUT2D eigenvalue weighted by Gasteiger charge is 2.27. The molecule has 1 heterocycles. The zero-order valence-electron chi connectivity index (χ0n) is 10.0. The van der Waals surface area contributed by atoms with E-state index in [2.05, 4.69) is 0 Å². The number of rotatable bonds is 4. The van der Waals surface area contributed by atoms with E-state index in [4.69, 9.17) is 16.3 Å². The average Bonchev–Trinajstić information content (AvgIpc) is 2.38. The largest absolute Gasteiger partial charge is 0.480 e. The molecule has 0 aliphatic carbocycles. The Hall–Kier alpha value is -1.10. The van der Waals surface area contributed by atoms with E-state index in [1.54, 1.807) is 12.1 Å². The van der Waals surface area contributed by atoms with Crippen LogP contribution in [0.15, 0.2) is 24.3 Å². The zero-order valence-corrected chi connectivity index (χ0v) is 10.8. The Kier molecular flexibility index (Phi) is 4.58. The lowest BCUT2D eigenvalue weighted by Crippen LogP contribution is -2.48. The topological polar surface area (TPSA) is 49.8 Å². The Balaban J connectivity index is 2.05. The third kappa shape index (κ3) is 3.45. The molecule has 0 saturated carbocycles. The molecule has 0 amide bonds. The van der Waals surface area contributed by atoms with Crippen molar-refractivity contribution in [2.24, 2.45) is 0 Å². The first-order valence-corrected chi connectivity index (χ1v) is 6.33. The van der Waals surface area contributed by atoms with Gasteiger partial charge in [-0.15, -0.1) is 0 Å². The van der Waals surface area contributed by atoms with E-state index in [1.807, 2.05) is 17.0 Å². The second-order valence-electron chi connectivity index (χ2n) is 4.33. The van der Waals surface area contributed by atoms with Gasteiger partial charge in [0.1, 0.15) is 6.04 Å². The molecule has 4 nitrogen and oxygen atoms in total. The number of nitrogens with zero attached hydrogens (tertiary/aromatic N) is 1. The Morgan fingerprint density at radius 2 is 1.94 bits per heavy atom. The average molecular weight is 270 g/mol. The second-order valence-corrected chi connectivity index (χ2v) is 4.77. The SMILES string of the molecule is O=C(O)[C@@H](Cc1ccc(Cl)cc1)N1CCOCC1. The number of halogens is 1. The van der Waals surface area contributed by atoms with E-state index < -0.39 is 12.0 Å². The van der Waals surface area contributed by atoms with Crippen molar-refractivity contribution in [1.82, 2.24) is 4.90 Å². The van der Waals surface area contributed by atoms with Crippen molar-refractivity contribution in [3.05, 3.63) is 34.9 Å². The summed E-state index contributed by atoms with van der Waals surface area (Å²) in [6, 6.07) is 6.83. The first-order chi connectivity index (χ1) is 8.66. The van der Waals surface area contributed by atoms with Crippen LogP contribution in [0.4, 0.5) is 0 Å². The molecule has 0 unspecified atom stereocenters. The fraction of sp³-hybridized carbons (Fsp3) is 0.462. The summed E-state index contributed by atoms with van der Waals surface area (Å²) in [5.74, 6) is -0.785. The molecule has 5 heteroatoms. The van der Waals surface area contributed by atoms with Crippen LogP contribution >= 0.6 is 11.6 Å². The van der Waals surface area contributed by atoms with E-state index in [1.165, 1.54) is 0 Å². The van der Waals surface area contributed by atoms with Crippen LogP contribution in [0.25, 0.3) is 0 Å². The van der Waals surface area contributed by atoms with E-state index in [0.29, 0.717) is 37.7 Å².